The predicted octanol–water partition coefficient (Wildman–Crippen LogP) is 1.63. The summed E-state index contributed by atoms with van der Waals surface area (Å²) in [5.74, 6) is 0.949. The third kappa shape index (κ3) is 2.18. The quantitative estimate of drug-likeness (QED) is 0.892. The second kappa shape index (κ2) is 4.94. The summed E-state index contributed by atoms with van der Waals surface area (Å²) in [5.41, 5.74) is 1.05. The van der Waals surface area contributed by atoms with Gasteiger partial charge >= 0.3 is 0 Å². The summed E-state index contributed by atoms with van der Waals surface area (Å²) >= 11 is 0. The molecule has 1 aliphatic rings. The predicted molar refractivity (Wildman–Crippen MR) is 71.7 cm³/mol. The molecule has 0 aromatic carbocycles. The van der Waals surface area contributed by atoms with Crippen molar-refractivity contribution in [2.24, 2.45) is 0 Å². The van der Waals surface area contributed by atoms with Gasteiger partial charge in [0.15, 0.2) is 5.82 Å². The van der Waals surface area contributed by atoms with Gasteiger partial charge in [0.1, 0.15) is 5.52 Å². The Morgan fingerprint density at radius 1 is 1.33 bits per heavy atom. The van der Waals surface area contributed by atoms with Gasteiger partial charge in [-0.05, 0) is 25.5 Å². The summed E-state index contributed by atoms with van der Waals surface area (Å²) < 4.78 is 1.86. The SMILES string of the molecule is CCN1CCC(Nc2nccn3nccc23)CC1. The van der Waals surface area contributed by atoms with Crippen molar-refractivity contribution >= 4 is 11.3 Å². The zero-order chi connectivity index (χ0) is 12.4. The number of nitrogens with one attached hydrogen (secondary N) is 1. The summed E-state index contributed by atoms with van der Waals surface area (Å²) in [5, 5.41) is 7.78. The van der Waals surface area contributed by atoms with Gasteiger partial charge in [-0.1, -0.05) is 6.92 Å². The van der Waals surface area contributed by atoms with Crippen LogP contribution in [0.25, 0.3) is 5.52 Å². The topological polar surface area (TPSA) is 45.5 Å². The maximum Gasteiger partial charge on any atom is 0.152 e. The van der Waals surface area contributed by atoms with Crippen molar-refractivity contribution < 1.29 is 0 Å². The van der Waals surface area contributed by atoms with Crippen molar-refractivity contribution in [2.45, 2.75) is 25.8 Å². The summed E-state index contributed by atoms with van der Waals surface area (Å²) in [6.07, 6.45) is 7.85. The molecular formula is C13H19N5. The summed E-state index contributed by atoms with van der Waals surface area (Å²) in [7, 11) is 0. The Balaban J connectivity index is 1.71. The van der Waals surface area contributed by atoms with Gasteiger partial charge in [-0.2, -0.15) is 5.10 Å². The van der Waals surface area contributed by atoms with Crippen LogP contribution in [0.4, 0.5) is 5.82 Å². The van der Waals surface area contributed by atoms with Crippen LogP contribution in [0.5, 0.6) is 0 Å². The van der Waals surface area contributed by atoms with Crippen molar-refractivity contribution in [3.63, 3.8) is 0 Å². The largest absolute Gasteiger partial charge is 0.365 e. The van der Waals surface area contributed by atoms with Crippen LogP contribution in [0.15, 0.2) is 24.7 Å². The van der Waals surface area contributed by atoms with Gasteiger partial charge in [0.05, 0.1) is 6.20 Å². The van der Waals surface area contributed by atoms with E-state index in [0.29, 0.717) is 6.04 Å². The van der Waals surface area contributed by atoms with E-state index in [9.17, 15) is 0 Å². The van der Waals surface area contributed by atoms with Gasteiger partial charge in [0.25, 0.3) is 0 Å². The molecule has 0 amide bonds. The first-order valence-corrected chi connectivity index (χ1v) is 6.64. The number of piperidine rings is 1. The molecule has 2 aromatic heterocycles. The van der Waals surface area contributed by atoms with Gasteiger partial charge < -0.3 is 10.2 Å². The molecule has 1 saturated heterocycles. The highest BCUT2D eigenvalue weighted by Crippen LogP contribution is 2.18. The molecule has 0 radical (unpaired) electrons. The molecule has 3 rings (SSSR count). The average Bonchev–Trinajstić information content (AvgIpc) is 2.89. The molecule has 2 aromatic rings. The van der Waals surface area contributed by atoms with Crippen LogP contribution in [-0.4, -0.2) is 45.2 Å². The second-order valence-electron chi connectivity index (χ2n) is 4.79. The third-order valence-corrected chi connectivity index (χ3v) is 3.70. The minimum absolute atomic E-state index is 0.529. The molecule has 0 atom stereocenters. The van der Waals surface area contributed by atoms with E-state index >= 15 is 0 Å². The molecule has 1 aliphatic heterocycles. The second-order valence-corrected chi connectivity index (χ2v) is 4.79. The van der Waals surface area contributed by atoms with Gasteiger partial charge in [-0.15, -0.1) is 0 Å². The van der Waals surface area contributed by atoms with Crippen molar-refractivity contribution in [3.8, 4) is 0 Å². The smallest absolute Gasteiger partial charge is 0.152 e. The van der Waals surface area contributed by atoms with Gasteiger partial charge in [-0.25, -0.2) is 9.50 Å². The summed E-state index contributed by atoms with van der Waals surface area (Å²) in [6, 6.07) is 2.53. The monoisotopic (exact) mass is 245 g/mol. The molecule has 0 bridgehead atoms. The molecule has 0 unspecified atom stereocenters. The summed E-state index contributed by atoms with van der Waals surface area (Å²) in [6.45, 7) is 5.73. The summed E-state index contributed by atoms with van der Waals surface area (Å²) in [4.78, 5) is 6.92. The first kappa shape index (κ1) is 11.5. The highest BCUT2D eigenvalue weighted by molar-refractivity contribution is 5.67. The van der Waals surface area contributed by atoms with E-state index in [2.05, 4.69) is 27.2 Å². The van der Waals surface area contributed by atoms with Crippen molar-refractivity contribution in [1.82, 2.24) is 19.5 Å². The molecule has 1 N–H and O–H groups in total. The minimum Gasteiger partial charge on any atom is -0.365 e. The number of anilines is 1. The van der Waals surface area contributed by atoms with E-state index in [4.69, 9.17) is 0 Å². The van der Waals surface area contributed by atoms with E-state index < -0.39 is 0 Å². The van der Waals surface area contributed by atoms with E-state index in [-0.39, 0.29) is 0 Å². The molecule has 96 valence electrons. The molecule has 5 nitrogen and oxygen atoms in total. The van der Waals surface area contributed by atoms with Crippen molar-refractivity contribution in [2.75, 3.05) is 25.0 Å². The highest BCUT2D eigenvalue weighted by Gasteiger charge is 2.18. The van der Waals surface area contributed by atoms with Crippen molar-refractivity contribution in [3.05, 3.63) is 24.7 Å². The molecule has 0 spiro atoms. The van der Waals surface area contributed by atoms with Gasteiger partial charge in [0.2, 0.25) is 0 Å². The fourth-order valence-electron chi connectivity index (χ4n) is 2.56. The maximum absolute atomic E-state index is 4.43. The normalized spacial score (nSPS) is 18.3. The molecular weight excluding hydrogens is 226 g/mol. The molecule has 18 heavy (non-hydrogen) atoms. The lowest BCUT2D eigenvalue weighted by Crippen LogP contribution is -2.39. The zero-order valence-corrected chi connectivity index (χ0v) is 10.7. The lowest BCUT2D eigenvalue weighted by Gasteiger charge is -2.31. The molecule has 5 heteroatoms. The molecule has 0 saturated carbocycles. The number of hydrogen-bond acceptors (Lipinski definition) is 4. The molecule has 1 fully saturated rings. The van der Waals surface area contributed by atoms with E-state index in [1.165, 1.54) is 25.9 Å². The van der Waals surface area contributed by atoms with Crippen LogP contribution in [0.2, 0.25) is 0 Å². The minimum atomic E-state index is 0.529. The van der Waals surface area contributed by atoms with Gasteiger partial charge in [-0.3, -0.25) is 0 Å². The maximum atomic E-state index is 4.43. The van der Waals surface area contributed by atoms with E-state index in [1.807, 2.05) is 23.0 Å². The van der Waals surface area contributed by atoms with Crippen LogP contribution >= 0.6 is 0 Å². The fourth-order valence-corrected chi connectivity index (χ4v) is 2.56. The Bertz CT molecular complexity index is 513. The number of aromatic nitrogens is 3. The number of hydrogen-bond donors (Lipinski definition) is 1. The van der Waals surface area contributed by atoms with Crippen LogP contribution in [-0.2, 0) is 0 Å². The lowest BCUT2D eigenvalue weighted by molar-refractivity contribution is 0.229. The number of fused-ring (bicyclic) bond motifs is 1. The Labute approximate surface area is 107 Å². The Morgan fingerprint density at radius 3 is 2.94 bits per heavy atom. The van der Waals surface area contributed by atoms with E-state index in [1.54, 1.807) is 6.20 Å². The number of rotatable bonds is 3. The number of nitrogens with zero attached hydrogens (tertiary/aromatic N) is 4. The Hall–Kier alpha value is -1.62. The fraction of sp³-hybridized carbons (Fsp3) is 0.538. The zero-order valence-electron chi connectivity index (χ0n) is 10.7. The van der Waals surface area contributed by atoms with E-state index in [0.717, 1.165) is 17.9 Å². The van der Waals surface area contributed by atoms with Gasteiger partial charge in [0, 0.05) is 31.5 Å². The van der Waals surface area contributed by atoms with Crippen LogP contribution in [0, 0.1) is 0 Å². The van der Waals surface area contributed by atoms with Crippen LogP contribution in [0.3, 0.4) is 0 Å². The van der Waals surface area contributed by atoms with Crippen LogP contribution < -0.4 is 5.32 Å². The first-order chi connectivity index (χ1) is 8.86. The Morgan fingerprint density at radius 2 is 2.17 bits per heavy atom. The lowest BCUT2D eigenvalue weighted by atomic mass is 10.1. The van der Waals surface area contributed by atoms with Crippen LogP contribution in [0.1, 0.15) is 19.8 Å². The molecule has 0 aliphatic carbocycles. The van der Waals surface area contributed by atoms with Crippen molar-refractivity contribution in [1.29, 1.82) is 0 Å². The standard InChI is InChI=1S/C13H19N5/c1-2-17-8-4-11(5-9-17)16-13-12-3-6-15-18(12)10-7-14-13/h3,6-7,10-11H,2,4-5,8-9H2,1H3,(H,14,16). The average molecular weight is 245 g/mol. The molecule has 3 heterocycles. The highest BCUT2D eigenvalue weighted by atomic mass is 15.2. The third-order valence-electron chi connectivity index (χ3n) is 3.70. The number of likely N-dealkylation sites (tertiary alicyclic amines) is 1. The Kier molecular flexibility index (Phi) is 3.15. The first-order valence-electron chi connectivity index (χ1n) is 6.64.